The number of hydrogen-bond acceptors (Lipinski definition) is 1. The van der Waals surface area contributed by atoms with E-state index < -0.39 is 0 Å². The lowest BCUT2D eigenvalue weighted by Gasteiger charge is -2.09. The zero-order valence-electron chi connectivity index (χ0n) is 10.3. The average Bonchev–Trinajstić information content (AvgIpc) is 2.63. The third-order valence-electron chi connectivity index (χ3n) is 3.35. The summed E-state index contributed by atoms with van der Waals surface area (Å²) in [6.07, 6.45) is 1.08. The van der Waals surface area contributed by atoms with Crippen molar-refractivity contribution in [2.45, 2.75) is 33.1 Å². The zero-order valence-corrected chi connectivity index (χ0v) is 10.3. The predicted octanol–water partition coefficient (Wildman–Crippen LogP) is 3.10. The Labute approximate surface area is 96.9 Å². The summed E-state index contributed by atoms with van der Waals surface area (Å²) >= 11 is 0. The molecule has 0 fully saturated rings. The quantitative estimate of drug-likeness (QED) is 0.813. The minimum Gasteiger partial charge on any atom is -0.358 e. The van der Waals surface area contributed by atoms with Gasteiger partial charge in [-0.25, -0.2) is 0 Å². The van der Waals surface area contributed by atoms with E-state index in [0.717, 1.165) is 6.42 Å². The molecule has 1 heterocycles. The number of aromatic nitrogens is 1. The van der Waals surface area contributed by atoms with Crippen molar-refractivity contribution in [3.8, 4) is 0 Å². The third-order valence-corrected chi connectivity index (χ3v) is 3.35. The van der Waals surface area contributed by atoms with Gasteiger partial charge in [0.1, 0.15) is 0 Å². The van der Waals surface area contributed by atoms with Gasteiger partial charge in [-0.3, -0.25) is 0 Å². The number of hydrogen-bond donors (Lipinski definition) is 2. The standard InChI is InChI=1S/C14H20N2/c1-4-11-5-6-13-12(7-11)14(9(2)8-15)10(3)16-13/h5-7,9,16H,4,8,15H2,1-3H3. The Hall–Kier alpha value is -1.28. The van der Waals surface area contributed by atoms with Crippen LogP contribution in [0.2, 0.25) is 0 Å². The number of aromatic amines is 1. The molecule has 16 heavy (non-hydrogen) atoms. The summed E-state index contributed by atoms with van der Waals surface area (Å²) in [7, 11) is 0. The first-order valence-corrected chi connectivity index (χ1v) is 5.98. The van der Waals surface area contributed by atoms with Crippen molar-refractivity contribution in [2.75, 3.05) is 6.54 Å². The molecule has 1 aromatic carbocycles. The summed E-state index contributed by atoms with van der Waals surface area (Å²) in [5.74, 6) is 0.417. The van der Waals surface area contributed by atoms with E-state index in [1.54, 1.807) is 0 Å². The van der Waals surface area contributed by atoms with Crippen LogP contribution in [-0.4, -0.2) is 11.5 Å². The van der Waals surface area contributed by atoms with Gasteiger partial charge in [-0.1, -0.05) is 19.9 Å². The fourth-order valence-electron chi connectivity index (χ4n) is 2.37. The number of H-pyrrole nitrogens is 1. The Morgan fingerprint density at radius 2 is 2.12 bits per heavy atom. The average molecular weight is 216 g/mol. The highest BCUT2D eigenvalue weighted by molar-refractivity contribution is 5.85. The van der Waals surface area contributed by atoms with Crippen LogP contribution in [0.15, 0.2) is 18.2 Å². The van der Waals surface area contributed by atoms with Crippen LogP contribution >= 0.6 is 0 Å². The van der Waals surface area contributed by atoms with E-state index in [0.29, 0.717) is 12.5 Å². The molecule has 2 nitrogen and oxygen atoms in total. The van der Waals surface area contributed by atoms with Crippen LogP contribution in [0.1, 0.15) is 36.6 Å². The van der Waals surface area contributed by atoms with Crippen molar-refractivity contribution in [1.82, 2.24) is 4.98 Å². The van der Waals surface area contributed by atoms with E-state index in [-0.39, 0.29) is 0 Å². The molecule has 0 saturated carbocycles. The third kappa shape index (κ3) is 1.74. The Kier molecular flexibility index (Phi) is 3.01. The van der Waals surface area contributed by atoms with Crippen molar-refractivity contribution in [3.05, 3.63) is 35.0 Å². The van der Waals surface area contributed by atoms with Gasteiger partial charge in [-0.05, 0) is 49.1 Å². The fourth-order valence-corrected chi connectivity index (χ4v) is 2.37. The van der Waals surface area contributed by atoms with E-state index in [1.165, 1.54) is 27.7 Å². The second-order valence-electron chi connectivity index (χ2n) is 4.53. The Balaban J connectivity index is 2.65. The molecule has 0 aliphatic carbocycles. The summed E-state index contributed by atoms with van der Waals surface area (Å²) in [5, 5.41) is 1.34. The van der Waals surface area contributed by atoms with Gasteiger partial charge < -0.3 is 10.7 Å². The van der Waals surface area contributed by atoms with Gasteiger partial charge >= 0.3 is 0 Å². The molecule has 2 rings (SSSR count). The molecule has 0 spiro atoms. The Morgan fingerprint density at radius 3 is 2.75 bits per heavy atom. The number of nitrogens with two attached hydrogens (primary N) is 1. The van der Waals surface area contributed by atoms with Crippen LogP contribution in [0.25, 0.3) is 10.9 Å². The fraction of sp³-hybridized carbons (Fsp3) is 0.429. The molecule has 0 aliphatic rings. The van der Waals surface area contributed by atoms with E-state index >= 15 is 0 Å². The van der Waals surface area contributed by atoms with Gasteiger partial charge in [-0.2, -0.15) is 0 Å². The van der Waals surface area contributed by atoms with Crippen molar-refractivity contribution < 1.29 is 0 Å². The minimum atomic E-state index is 0.417. The maximum Gasteiger partial charge on any atom is 0.0459 e. The second-order valence-corrected chi connectivity index (χ2v) is 4.53. The lowest BCUT2D eigenvalue weighted by Crippen LogP contribution is -2.09. The van der Waals surface area contributed by atoms with Gasteiger partial charge in [-0.15, -0.1) is 0 Å². The minimum absolute atomic E-state index is 0.417. The molecule has 0 radical (unpaired) electrons. The largest absolute Gasteiger partial charge is 0.358 e. The van der Waals surface area contributed by atoms with E-state index in [4.69, 9.17) is 5.73 Å². The number of aryl methyl sites for hydroxylation is 2. The van der Waals surface area contributed by atoms with E-state index in [2.05, 4.69) is 44.0 Å². The Bertz CT molecular complexity index is 497. The highest BCUT2D eigenvalue weighted by Crippen LogP contribution is 2.29. The first-order valence-electron chi connectivity index (χ1n) is 5.98. The highest BCUT2D eigenvalue weighted by Gasteiger charge is 2.13. The molecule has 0 bridgehead atoms. The van der Waals surface area contributed by atoms with Gasteiger partial charge in [0.05, 0.1) is 0 Å². The lowest BCUT2D eigenvalue weighted by molar-refractivity contribution is 0.773. The molecule has 86 valence electrons. The van der Waals surface area contributed by atoms with Gasteiger partial charge in [0.25, 0.3) is 0 Å². The van der Waals surface area contributed by atoms with Crippen molar-refractivity contribution in [2.24, 2.45) is 5.73 Å². The van der Waals surface area contributed by atoms with Crippen LogP contribution in [0, 0.1) is 6.92 Å². The van der Waals surface area contributed by atoms with E-state index in [9.17, 15) is 0 Å². The number of benzene rings is 1. The second kappa shape index (κ2) is 4.30. The van der Waals surface area contributed by atoms with Crippen molar-refractivity contribution >= 4 is 10.9 Å². The summed E-state index contributed by atoms with van der Waals surface area (Å²) in [6.45, 7) is 7.21. The van der Waals surface area contributed by atoms with Gasteiger partial charge in [0, 0.05) is 16.6 Å². The maximum atomic E-state index is 5.78. The molecule has 0 saturated heterocycles. The molecule has 1 unspecified atom stereocenters. The van der Waals surface area contributed by atoms with Crippen LogP contribution < -0.4 is 5.73 Å². The number of fused-ring (bicyclic) bond motifs is 1. The summed E-state index contributed by atoms with van der Waals surface area (Å²) in [4.78, 5) is 3.44. The Morgan fingerprint density at radius 1 is 1.38 bits per heavy atom. The molecular formula is C14H20N2. The SMILES string of the molecule is CCc1ccc2[nH]c(C)c(C(C)CN)c2c1. The zero-order chi connectivity index (χ0) is 11.7. The molecular weight excluding hydrogens is 196 g/mol. The summed E-state index contributed by atoms with van der Waals surface area (Å²) < 4.78 is 0. The van der Waals surface area contributed by atoms with Crippen LogP contribution in [0.5, 0.6) is 0 Å². The van der Waals surface area contributed by atoms with Gasteiger partial charge in [0.2, 0.25) is 0 Å². The first-order chi connectivity index (χ1) is 7.67. The molecule has 0 aliphatic heterocycles. The van der Waals surface area contributed by atoms with Crippen LogP contribution in [-0.2, 0) is 6.42 Å². The number of rotatable bonds is 3. The predicted molar refractivity (Wildman–Crippen MR) is 69.9 cm³/mol. The lowest BCUT2D eigenvalue weighted by atomic mass is 9.97. The smallest absolute Gasteiger partial charge is 0.0459 e. The topological polar surface area (TPSA) is 41.8 Å². The van der Waals surface area contributed by atoms with Gasteiger partial charge in [0.15, 0.2) is 0 Å². The molecule has 2 heteroatoms. The summed E-state index contributed by atoms with van der Waals surface area (Å²) in [6, 6.07) is 6.66. The van der Waals surface area contributed by atoms with E-state index in [1.807, 2.05) is 0 Å². The molecule has 1 aromatic heterocycles. The van der Waals surface area contributed by atoms with Crippen molar-refractivity contribution in [3.63, 3.8) is 0 Å². The number of nitrogens with one attached hydrogen (secondary N) is 1. The van der Waals surface area contributed by atoms with Crippen LogP contribution in [0.4, 0.5) is 0 Å². The normalized spacial score (nSPS) is 13.2. The molecule has 1 atom stereocenters. The molecule has 3 N–H and O–H groups in total. The molecule has 0 amide bonds. The summed E-state index contributed by atoms with van der Waals surface area (Å²) in [5.41, 5.74) is 11.0. The first kappa shape index (κ1) is 11.2. The van der Waals surface area contributed by atoms with Crippen molar-refractivity contribution in [1.29, 1.82) is 0 Å². The monoisotopic (exact) mass is 216 g/mol. The maximum absolute atomic E-state index is 5.78. The highest BCUT2D eigenvalue weighted by atomic mass is 14.7. The molecule has 2 aromatic rings. The van der Waals surface area contributed by atoms with Crippen LogP contribution in [0.3, 0.4) is 0 Å².